The molecule has 1 aromatic carbocycles. The zero-order chi connectivity index (χ0) is 18.6. The fraction of sp³-hybridized carbons (Fsp3) is 0.312. The van der Waals surface area contributed by atoms with Crippen LogP contribution in [0.25, 0.3) is 0 Å². The van der Waals surface area contributed by atoms with Crippen molar-refractivity contribution in [2.45, 2.75) is 24.8 Å². The standard InChI is InChI=1S/C14H13N3O3S.2CH3N/c15-9-3-1-2-8-10-5-4-7(12-16-21-14(19)20-12)6-17(10)13(18)11(8)9;2*1-2/h1-3,7,10H,4-6,15H2;2*2H,1H2/t7-,10+;;/m1../s1. The summed E-state index contributed by atoms with van der Waals surface area (Å²) in [5, 5.41) is 11.0. The van der Waals surface area contributed by atoms with Crippen LogP contribution in [0.1, 0.15) is 46.6 Å². The van der Waals surface area contributed by atoms with Gasteiger partial charge in [-0.2, -0.15) is 4.37 Å². The highest BCUT2D eigenvalue weighted by Crippen LogP contribution is 2.44. The minimum absolute atomic E-state index is 0.0142. The van der Waals surface area contributed by atoms with Crippen molar-refractivity contribution in [1.82, 2.24) is 9.27 Å². The number of carbonyl (C=O) groups excluding carboxylic acids is 1. The van der Waals surface area contributed by atoms with Crippen molar-refractivity contribution in [3.8, 4) is 0 Å². The van der Waals surface area contributed by atoms with Crippen molar-refractivity contribution in [3.63, 3.8) is 0 Å². The Hall–Kier alpha value is -2.81. The van der Waals surface area contributed by atoms with Gasteiger partial charge in [-0.15, -0.1) is 0 Å². The lowest BCUT2D eigenvalue weighted by atomic mass is 9.91. The summed E-state index contributed by atoms with van der Waals surface area (Å²) in [5.74, 6) is 0.398. The largest absolute Gasteiger partial charge is 0.414 e. The number of amides is 1. The minimum atomic E-state index is -0.396. The molecule has 2 aromatic rings. The molecule has 0 bridgehead atoms. The van der Waals surface area contributed by atoms with Gasteiger partial charge in [-0.25, -0.2) is 4.79 Å². The van der Waals surface area contributed by atoms with E-state index < -0.39 is 4.94 Å². The predicted octanol–water partition coefficient (Wildman–Crippen LogP) is 2.28. The van der Waals surface area contributed by atoms with Crippen molar-refractivity contribution in [1.29, 1.82) is 10.8 Å². The Morgan fingerprint density at radius 2 is 1.96 bits per heavy atom. The number of nitrogens with zero attached hydrogens (tertiary/aromatic N) is 2. The second-order valence-corrected chi connectivity index (χ2v) is 6.13. The van der Waals surface area contributed by atoms with Crippen LogP contribution in [0.4, 0.5) is 5.69 Å². The maximum absolute atomic E-state index is 12.6. The van der Waals surface area contributed by atoms with Gasteiger partial charge in [-0.3, -0.25) is 4.79 Å². The van der Waals surface area contributed by atoms with Crippen LogP contribution in [0.3, 0.4) is 0 Å². The number of hydrogen-bond donors (Lipinski definition) is 3. The van der Waals surface area contributed by atoms with Crippen molar-refractivity contribution in [2.75, 3.05) is 12.3 Å². The summed E-state index contributed by atoms with van der Waals surface area (Å²) in [4.78, 5) is 25.1. The highest BCUT2D eigenvalue weighted by Gasteiger charge is 2.42. The van der Waals surface area contributed by atoms with Crippen molar-refractivity contribution in [3.05, 3.63) is 45.0 Å². The van der Waals surface area contributed by atoms with Gasteiger partial charge in [0.25, 0.3) is 5.91 Å². The van der Waals surface area contributed by atoms with E-state index in [1.807, 2.05) is 17.0 Å². The Morgan fingerprint density at radius 3 is 2.60 bits per heavy atom. The Balaban J connectivity index is 0.000000528. The van der Waals surface area contributed by atoms with Crippen LogP contribution in [0, 0.1) is 10.8 Å². The van der Waals surface area contributed by atoms with Gasteiger partial charge in [-0.1, -0.05) is 12.1 Å². The van der Waals surface area contributed by atoms with Gasteiger partial charge in [0.1, 0.15) is 0 Å². The maximum Gasteiger partial charge on any atom is 0.414 e. The fourth-order valence-corrected chi connectivity index (χ4v) is 3.81. The van der Waals surface area contributed by atoms with Gasteiger partial charge >= 0.3 is 4.94 Å². The van der Waals surface area contributed by atoms with Gasteiger partial charge in [0.2, 0.25) is 5.89 Å². The molecule has 1 amide bonds. The minimum Gasteiger partial charge on any atom is -0.398 e. The Kier molecular flexibility index (Phi) is 5.81. The number of nitrogen functional groups attached to an aromatic ring is 1. The normalized spacial score (nSPS) is 20.5. The Morgan fingerprint density at radius 1 is 1.24 bits per heavy atom. The first kappa shape index (κ1) is 18.5. The van der Waals surface area contributed by atoms with Crippen molar-refractivity contribution < 1.29 is 9.21 Å². The number of piperidine rings is 1. The summed E-state index contributed by atoms with van der Waals surface area (Å²) < 4.78 is 9.14. The smallest absolute Gasteiger partial charge is 0.398 e. The van der Waals surface area contributed by atoms with E-state index in [2.05, 4.69) is 17.8 Å². The summed E-state index contributed by atoms with van der Waals surface area (Å²) in [7, 11) is 0. The molecule has 1 fully saturated rings. The van der Waals surface area contributed by atoms with Gasteiger partial charge in [0.05, 0.1) is 17.5 Å². The molecule has 0 radical (unpaired) electrons. The van der Waals surface area contributed by atoms with E-state index >= 15 is 0 Å². The molecule has 1 saturated heterocycles. The average Bonchev–Trinajstić information content (AvgIpc) is 3.21. The summed E-state index contributed by atoms with van der Waals surface area (Å²) in [6.07, 6.45) is 1.67. The molecule has 0 spiro atoms. The summed E-state index contributed by atoms with van der Waals surface area (Å²) >= 11 is 0.818. The van der Waals surface area contributed by atoms with E-state index in [1.54, 1.807) is 6.07 Å². The van der Waals surface area contributed by atoms with E-state index in [9.17, 15) is 9.59 Å². The second kappa shape index (κ2) is 7.84. The third-order valence-corrected chi connectivity index (χ3v) is 4.80. The number of nitrogens with two attached hydrogens (primary N) is 1. The first-order valence-electron chi connectivity index (χ1n) is 7.52. The van der Waals surface area contributed by atoms with Crippen molar-refractivity contribution in [2.24, 2.45) is 0 Å². The van der Waals surface area contributed by atoms with E-state index in [0.717, 1.165) is 29.9 Å². The molecule has 4 rings (SSSR count). The van der Waals surface area contributed by atoms with Crippen LogP contribution < -0.4 is 10.7 Å². The highest BCUT2D eigenvalue weighted by atomic mass is 32.1. The molecular weight excluding hydrogens is 342 g/mol. The number of nitrogens with one attached hydrogen (secondary N) is 2. The molecule has 2 aliphatic rings. The summed E-state index contributed by atoms with van der Waals surface area (Å²) in [6.45, 7) is 5.52. The molecule has 8 nitrogen and oxygen atoms in total. The molecule has 0 saturated carbocycles. The molecule has 25 heavy (non-hydrogen) atoms. The number of fused-ring (bicyclic) bond motifs is 3. The third kappa shape index (κ3) is 3.22. The summed E-state index contributed by atoms with van der Waals surface area (Å²) in [5.41, 5.74) is 8.12. The lowest BCUT2D eigenvalue weighted by Gasteiger charge is -2.33. The molecule has 4 N–H and O–H groups in total. The molecule has 132 valence electrons. The Bertz CT molecular complexity index is 816. The topological polar surface area (TPSA) is 137 Å². The molecular formula is C16H19N5O3S. The molecule has 1 aromatic heterocycles. The first-order chi connectivity index (χ1) is 12.1. The van der Waals surface area contributed by atoms with Crippen LogP contribution >= 0.6 is 11.5 Å². The average molecular weight is 361 g/mol. The monoisotopic (exact) mass is 361 g/mol. The van der Waals surface area contributed by atoms with Crippen LogP contribution in [-0.2, 0) is 0 Å². The van der Waals surface area contributed by atoms with E-state index in [1.165, 1.54) is 0 Å². The fourth-order valence-electron chi connectivity index (χ4n) is 3.34. The van der Waals surface area contributed by atoms with Gasteiger partial charge in [-0.05, 0) is 37.9 Å². The third-order valence-electron chi connectivity index (χ3n) is 4.29. The highest BCUT2D eigenvalue weighted by molar-refractivity contribution is 7.02. The molecule has 9 heteroatoms. The molecule has 2 atom stereocenters. The summed E-state index contributed by atoms with van der Waals surface area (Å²) in [6, 6.07) is 5.69. The second-order valence-electron chi connectivity index (χ2n) is 5.43. The zero-order valence-corrected chi connectivity index (χ0v) is 14.3. The number of benzene rings is 1. The van der Waals surface area contributed by atoms with E-state index in [-0.39, 0.29) is 17.9 Å². The van der Waals surface area contributed by atoms with Crippen LogP contribution in [0.15, 0.2) is 27.4 Å². The van der Waals surface area contributed by atoms with E-state index in [4.69, 9.17) is 21.0 Å². The molecule has 2 aliphatic heterocycles. The zero-order valence-electron chi connectivity index (χ0n) is 13.5. The number of aromatic nitrogens is 1. The maximum atomic E-state index is 12.6. The SMILES string of the molecule is C=N.C=N.Nc1cccc2c1C(=O)N1C[C@H](c3nsc(=O)o3)CC[C@@H]21. The number of hydrogen-bond acceptors (Lipinski definition) is 8. The van der Waals surface area contributed by atoms with Crippen molar-refractivity contribution >= 4 is 36.6 Å². The van der Waals surface area contributed by atoms with Crippen LogP contribution in [0.5, 0.6) is 0 Å². The van der Waals surface area contributed by atoms with Crippen LogP contribution in [-0.4, -0.2) is 35.2 Å². The number of rotatable bonds is 1. The van der Waals surface area contributed by atoms with Gasteiger partial charge in [0, 0.05) is 23.8 Å². The number of carbonyl (C=O) groups is 1. The molecule has 0 unspecified atom stereocenters. The molecule has 0 aliphatic carbocycles. The van der Waals surface area contributed by atoms with Crippen LogP contribution in [0.2, 0.25) is 0 Å². The van der Waals surface area contributed by atoms with Gasteiger partial charge in [0.15, 0.2) is 0 Å². The van der Waals surface area contributed by atoms with E-state index in [0.29, 0.717) is 23.7 Å². The lowest BCUT2D eigenvalue weighted by molar-refractivity contribution is 0.0634. The first-order valence-corrected chi connectivity index (χ1v) is 8.29. The Labute approximate surface area is 148 Å². The molecule has 3 heterocycles. The quantitative estimate of drug-likeness (QED) is 0.528. The predicted molar refractivity (Wildman–Crippen MR) is 96.9 cm³/mol. The number of anilines is 1. The lowest BCUT2D eigenvalue weighted by Crippen LogP contribution is -2.36. The van der Waals surface area contributed by atoms with Gasteiger partial charge < -0.3 is 25.9 Å².